The van der Waals surface area contributed by atoms with Crippen LogP contribution in [0.2, 0.25) is 0 Å². The molecule has 0 N–H and O–H groups in total. The van der Waals surface area contributed by atoms with E-state index < -0.39 is 0 Å². The topological polar surface area (TPSA) is 38.7 Å². The van der Waals surface area contributed by atoms with E-state index >= 15 is 0 Å². The van der Waals surface area contributed by atoms with Gasteiger partial charge in [0.05, 0.1) is 11.0 Å². The first-order valence-corrected chi connectivity index (χ1v) is 44.1. The maximum Gasteiger partial charge on any atom is 0.127 e. The summed E-state index contributed by atoms with van der Waals surface area (Å²) in [7, 11) is 0. The fraction of sp³-hybridized carbons (Fsp3) is 0.405. The van der Waals surface area contributed by atoms with Gasteiger partial charge >= 0.3 is 0 Å². The Hall–Kier alpha value is -9.64. The van der Waals surface area contributed by atoms with Crippen molar-refractivity contribution in [2.45, 2.75) is 311 Å². The second-order valence-corrected chi connectivity index (χ2v) is 43.1. The van der Waals surface area contributed by atoms with Crippen molar-refractivity contribution in [3.05, 3.63) is 312 Å². The molecule has 0 radical (unpaired) electrons. The number of aryl methyl sites for hydroxylation is 9. The Labute approximate surface area is 725 Å². The van der Waals surface area contributed by atoms with E-state index in [2.05, 4.69) is 391 Å². The van der Waals surface area contributed by atoms with E-state index in [1.807, 2.05) is 64.2 Å². The van der Waals surface area contributed by atoms with Crippen LogP contribution in [-0.4, -0.2) is 15.0 Å². The smallest absolute Gasteiger partial charge is 0.127 e. The molecule has 14 rings (SSSR count). The summed E-state index contributed by atoms with van der Waals surface area (Å²) < 4.78 is 13.8. The lowest BCUT2D eigenvalue weighted by Crippen LogP contribution is -2.19. The van der Waals surface area contributed by atoms with E-state index in [1.165, 1.54) is 160 Å². The summed E-state index contributed by atoms with van der Waals surface area (Å²) in [5.74, 6) is 1.72. The van der Waals surface area contributed by atoms with Crippen molar-refractivity contribution in [3.63, 3.8) is 0 Å². The van der Waals surface area contributed by atoms with Gasteiger partial charge in [-0.1, -0.05) is 358 Å². The summed E-state index contributed by atoms with van der Waals surface area (Å²) in [5, 5.41) is 12.7. The van der Waals surface area contributed by atoms with E-state index in [9.17, 15) is 4.39 Å². The summed E-state index contributed by atoms with van der Waals surface area (Å²) in [6.07, 6.45) is 1.98. The molecule has 2 aromatic heterocycles. The molecule has 14 aromatic rings. The van der Waals surface area contributed by atoms with Crippen molar-refractivity contribution < 1.29 is 4.39 Å². The molecule has 0 saturated carbocycles. The van der Waals surface area contributed by atoms with E-state index in [1.54, 1.807) is 6.07 Å². The Morgan fingerprint density at radius 3 is 0.983 bits per heavy atom. The highest BCUT2D eigenvalue weighted by Gasteiger charge is 2.30. The zero-order valence-electron chi connectivity index (χ0n) is 80.9. The van der Waals surface area contributed by atoms with Crippen LogP contribution in [0.3, 0.4) is 0 Å². The SMILES string of the molecule is CC(C)(C)c1cc2ccccc2cc1F.Cc1c(C(C)(C)C)cc(-c2c(C(C)C)cccc2C(C)C)c2ccccc12.Cc1cc2ccccc2cc1C(C)(C)C.Cc1ccc2c(C)c(C(C)(C)C)cc(C(C)(C)C)c2n1.Cc1cccc(C)c1-c1cc(C(C)(C)C)c(C)c2ccccc12.Cc1ncc2c(C)c(C(C)(C)C)cc(C(C)(C)C)c2n1. The Balaban J connectivity index is 0.000000166. The zero-order chi connectivity index (χ0) is 89.4. The third-order valence-electron chi connectivity index (χ3n) is 24.1. The molecule has 632 valence electrons. The molecule has 0 amide bonds. The molecule has 0 atom stereocenters. The number of pyridine rings is 1. The number of nitrogens with zero attached hydrogens (tertiary/aromatic N) is 3. The van der Waals surface area contributed by atoms with Gasteiger partial charge < -0.3 is 0 Å². The number of rotatable bonds is 4. The Bertz CT molecular complexity index is 5770. The van der Waals surface area contributed by atoms with Crippen molar-refractivity contribution in [1.29, 1.82) is 0 Å². The van der Waals surface area contributed by atoms with Gasteiger partial charge in [-0.15, -0.1) is 0 Å². The Morgan fingerprint density at radius 1 is 0.258 bits per heavy atom. The van der Waals surface area contributed by atoms with Crippen LogP contribution in [0, 0.1) is 68.1 Å². The molecule has 0 aliphatic rings. The summed E-state index contributed by atoms with van der Waals surface area (Å²) in [6, 6.07) is 69.8. The molecule has 0 aliphatic heterocycles. The lowest BCUT2D eigenvalue weighted by Gasteiger charge is -2.28. The van der Waals surface area contributed by atoms with Crippen LogP contribution in [0.25, 0.3) is 87.1 Å². The fourth-order valence-electron chi connectivity index (χ4n) is 17.7. The summed E-state index contributed by atoms with van der Waals surface area (Å²) >= 11 is 0. The molecule has 0 spiro atoms. The predicted molar refractivity (Wildman–Crippen MR) is 528 cm³/mol. The first-order valence-electron chi connectivity index (χ1n) is 44.1. The molecule has 12 aromatic carbocycles. The van der Waals surface area contributed by atoms with Gasteiger partial charge in [0.15, 0.2) is 0 Å². The molecule has 2 heterocycles. The number of benzene rings is 12. The van der Waals surface area contributed by atoms with Crippen molar-refractivity contribution in [3.8, 4) is 22.3 Å². The highest BCUT2D eigenvalue weighted by atomic mass is 19.1. The van der Waals surface area contributed by atoms with E-state index in [0.717, 1.165) is 33.4 Å². The molecule has 0 unspecified atom stereocenters. The maximum absolute atomic E-state index is 13.8. The predicted octanol–water partition coefficient (Wildman–Crippen LogP) is 34.1. The van der Waals surface area contributed by atoms with Gasteiger partial charge in [-0.2, -0.15) is 0 Å². The van der Waals surface area contributed by atoms with Crippen LogP contribution in [0.1, 0.15) is 312 Å². The van der Waals surface area contributed by atoms with Gasteiger partial charge in [0.1, 0.15) is 11.6 Å². The average molecular weight is 1600 g/mol. The largest absolute Gasteiger partial charge is 0.253 e. The molecular weight excluding hydrogens is 1450 g/mol. The molecule has 0 fully saturated rings. The highest BCUT2D eigenvalue weighted by molar-refractivity contribution is 6.02. The zero-order valence-corrected chi connectivity index (χ0v) is 80.9. The number of fused-ring (bicyclic) bond motifs is 6. The van der Waals surface area contributed by atoms with Gasteiger partial charge in [0.2, 0.25) is 0 Å². The standard InChI is InChI=1S/C27H34.C23H26.C19H27N.C18H26N2.C15H18.C14H15F/c1-17(2)20-14-11-15-21(18(3)4)26(20)24-16-25(27(6,7)8)19(5)22-12-9-10-13-23(22)24;1-15-10-9-11-16(2)22(15)20-14-21(23(4,5)6)17(3)18-12-7-8-13-19(18)20;1-12-9-10-14-13(2)15(18(3,4)5)11-16(17(14)20-12)19(6,7)8;1-11-13-10-19-12(2)20-16(13)15(18(6,7)8)9-14(11)17(3,4)5;1-11-9-12-7-5-6-8-13(12)10-14(11)15(2,3)4;1-14(2,3)12-8-10-6-4-5-7-11(10)9-13(12)15/h9-18H,1-8H3;7-14H,1-6H3;9-11H,1-8H3;9-10H,1-8H3;5-10H,1-4H3;4-9H,1-3H3. The molecular formula is C116H146FN3. The van der Waals surface area contributed by atoms with Crippen molar-refractivity contribution >= 4 is 64.9 Å². The minimum Gasteiger partial charge on any atom is -0.253 e. The number of hydrogen-bond donors (Lipinski definition) is 0. The second kappa shape index (κ2) is 36.2. The van der Waals surface area contributed by atoms with Gasteiger partial charge in [0, 0.05) is 22.7 Å². The molecule has 0 aliphatic carbocycles. The summed E-state index contributed by atoms with van der Waals surface area (Å²) in [6.45, 7) is 82.9. The van der Waals surface area contributed by atoms with Crippen LogP contribution >= 0.6 is 0 Å². The van der Waals surface area contributed by atoms with Crippen molar-refractivity contribution in [2.75, 3.05) is 0 Å². The van der Waals surface area contributed by atoms with Crippen LogP contribution < -0.4 is 0 Å². The molecule has 4 heteroatoms. The van der Waals surface area contributed by atoms with E-state index in [-0.39, 0.29) is 49.1 Å². The van der Waals surface area contributed by atoms with Crippen LogP contribution in [0.15, 0.2) is 200 Å². The lowest BCUT2D eigenvalue weighted by atomic mass is 9.77. The van der Waals surface area contributed by atoms with Gasteiger partial charge in [0.25, 0.3) is 0 Å². The Morgan fingerprint density at radius 2 is 0.583 bits per heavy atom. The van der Waals surface area contributed by atoms with E-state index in [0.29, 0.717) is 11.8 Å². The minimum atomic E-state index is -0.145. The first-order chi connectivity index (χ1) is 55.4. The second-order valence-electron chi connectivity index (χ2n) is 43.1. The summed E-state index contributed by atoms with van der Waals surface area (Å²) in [4.78, 5) is 13.9. The van der Waals surface area contributed by atoms with Crippen LogP contribution in [-0.2, 0) is 43.3 Å². The van der Waals surface area contributed by atoms with Crippen molar-refractivity contribution in [2.24, 2.45) is 0 Å². The molecule has 0 bridgehead atoms. The van der Waals surface area contributed by atoms with Crippen LogP contribution in [0.4, 0.5) is 4.39 Å². The fourth-order valence-corrected chi connectivity index (χ4v) is 17.7. The normalized spacial score (nSPS) is 12.4. The summed E-state index contributed by atoms with van der Waals surface area (Å²) in [5.41, 5.74) is 32.9. The number of aromatic nitrogens is 3. The highest BCUT2D eigenvalue weighted by Crippen LogP contribution is 2.46. The van der Waals surface area contributed by atoms with Crippen LogP contribution in [0.5, 0.6) is 0 Å². The monoisotopic (exact) mass is 1600 g/mol. The van der Waals surface area contributed by atoms with Gasteiger partial charge in [-0.3, -0.25) is 4.98 Å². The molecule has 3 nitrogen and oxygen atoms in total. The lowest BCUT2D eigenvalue weighted by molar-refractivity contribution is 0.524. The van der Waals surface area contributed by atoms with Gasteiger partial charge in [-0.05, 0) is 308 Å². The third kappa shape index (κ3) is 21.6. The minimum absolute atomic E-state index is 0.0761. The molecule has 120 heavy (non-hydrogen) atoms. The number of hydrogen-bond acceptors (Lipinski definition) is 3. The number of halogens is 1. The maximum atomic E-state index is 13.8. The first kappa shape index (κ1) is 94.2. The quantitative estimate of drug-likeness (QED) is 0.176. The molecule has 0 saturated heterocycles. The van der Waals surface area contributed by atoms with Gasteiger partial charge in [-0.25, -0.2) is 14.4 Å². The Kier molecular flexibility index (Phi) is 28.4. The van der Waals surface area contributed by atoms with Crippen molar-refractivity contribution in [1.82, 2.24) is 15.0 Å². The third-order valence-corrected chi connectivity index (χ3v) is 24.1. The average Bonchev–Trinajstić information content (AvgIpc) is 0.747. The van der Waals surface area contributed by atoms with E-state index in [4.69, 9.17) is 9.97 Å².